The maximum absolute atomic E-state index is 13.1. The van der Waals surface area contributed by atoms with E-state index in [1.807, 2.05) is 47.2 Å². The van der Waals surface area contributed by atoms with Gasteiger partial charge in [-0.2, -0.15) is 0 Å². The third-order valence-corrected chi connectivity index (χ3v) is 6.34. The SMILES string of the molecule is COc1ccc(-c2cn(-c3ccc(C(C)C)cc3)c(NC(=O)CN(CC(C)C)C(=O)C3CC3)n2)cc1. The summed E-state index contributed by atoms with van der Waals surface area (Å²) in [6, 6.07) is 15.9. The number of hydrogen-bond donors (Lipinski definition) is 1. The number of nitrogens with zero attached hydrogens (tertiary/aromatic N) is 3. The molecule has 1 N–H and O–H groups in total. The fourth-order valence-corrected chi connectivity index (χ4v) is 4.19. The zero-order valence-corrected chi connectivity index (χ0v) is 21.8. The van der Waals surface area contributed by atoms with Gasteiger partial charge in [-0.15, -0.1) is 0 Å². The monoisotopic (exact) mass is 488 g/mol. The molecular weight excluding hydrogens is 452 g/mol. The first-order valence-corrected chi connectivity index (χ1v) is 12.7. The summed E-state index contributed by atoms with van der Waals surface area (Å²) in [5.74, 6) is 1.78. The smallest absolute Gasteiger partial charge is 0.246 e. The van der Waals surface area contributed by atoms with Crippen LogP contribution in [0.2, 0.25) is 0 Å². The highest BCUT2D eigenvalue weighted by Gasteiger charge is 2.34. The van der Waals surface area contributed by atoms with Gasteiger partial charge in [-0.05, 0) is 66.6 Å². The molecule has 36 heavy (non-hydrogen) atoms. The molecule has 0 unspecified atom stereocenters. The third-order valence-electron chi connectivity index (χ3n) is 6.34. The summed E-state index contributed by atoms with van der Waals surface area (Å²) in [6.45, 7) is 9.01. The van der Waals surface area contributed by atoms with E-state index in [-0.39, 0.29) is 30.2 Å². The van der Waals surface area contributed by atoms with Gasteiger partial charge in [-0.25, -0.2) is 4.98 Å². The summed E-state index contributed by atoms with van der Waals surface area (Å²) in [5, 5.41) is 2.97. The van der Waals surface area contributed by atoms with Crippen LogP contribution in [-0.4, -0.2) is 46.5 Å². The van der Waals surface area contributed by atoms with Crippen LogP contribution < -0.4 is 10.1 Å². The molecule has 7 nitrogen and oxygen atoms in total. The molecule has 2 aromatic carbocycles. The molecule has 0 radical (unpaired) electrons. The molecule has 1 aliphatic carbocycles. The number of amides is 2. The first kappa shape index (κ1) is 25.5. The van der Waals surface area contributed by atoms with Crippen molar-refractivity contribution in [2.45, 2.75) is 46.5 Å². The molecule has 0 aliphatic heterocycles. The number of rotatable bonds is 10. The first-order valence-electron chi connectivity index (χ1n) is 12.7. The number of carbonyl (C=O) groups excluding carboxylic acids is 2. The van der Waals surface area contributed by atoms with Crippen LogP contribution in [-0.2, 0) is 9.59 Å². The van der Waals surface area contributed by atoms with Crippen LogP contribution in [0.25, 0.3) is 16.9 Å². The molecule has 3 aromatic rings. The summed E-state index contributed by atoms with van der Waals surface area (Å²) >= 11 is 0. The molecular formula is C29H36N4O3. The number of imidazole rings is 1. The van der Waals surface area contributed by atoms with E-state index >= 15 is 0 Å². The summed E-state index contributed by atoms with van der Waals surface area (Å²) in [4.78, 5) is 32.3. The highest BCUT2D eigenvalue weighted by molar-refractivity contribution is 5.94. The van der Waals surface area contributed by atoms with E-state index in [1.54, 1.807) is 12.0 Å². The van der Waals surface area contributed by atoms with Crippen LogP contribution in [0.3, 0.4) is 0 Å². The van der Waals surface area contributed by atoms with Gasteiger partial charge in [0.25, 0.3) is 0 Å². The molecule has 2 amide bonds. The Hall–Kier alpha value is -3.61. The molecule has 1 aromatic heterocycles. The van der Waals surface area contributed by atoms with Crippen molar-refractivity contribution in [1.29, 1.82) is 0 Å². The fourth-order valence-electron chi connectivity index (χ4n) is 4.19. The number of hydrogen-bond acceptors (Lipinski definition) is 4. The molecule has 0 atom stereocenters. The lowest BCUT2D eigenvalue weighted by Crippen LogP contribution is -2.41. The molecule has 1 saturated carbocycles. The van der Waals surface area contributed by atoms with Crippen molar-refractivity contribution in [3.05, 3.63) is 60.3 Å². The zero-order chi connectivity index (χ0) is 25.8. The van der Waals surface area contributed by atoms with Crippen LogP contribution in [0.4, 0.5) is 5.95 Å². The highest BCUT2D eigenvalue weighted by atomic mass is 16.5. The first-order chi connectivity index (χ1) is 17.2. The summed E-state index contributed by atoms with van der Waals surface area (Å²) in [5.41, 5.74) is 3.78. The normalized spacial score (nSPS) is 13.2. The van der Waals surface area contributed by atoms with E-state index in [9.17, 15) is 9.59 Å². The van der Waals surface area contributed by atoms with Crippen molar-refractivity contribution in [3.63, 3.8) is 0 Å². The second-order valence-electron chi connectivity index (χ2n) is 10.2. The second kappa shape index (κ2) is 11.0. The van der Waals surface area contributed by atoms with Crippen LogP contribution in [0, 0.1) is 11.8 Å². The summed E-state index contributed by atoms with van der Waals surface area (Å²) in [7, 11) is 1.63. The van der Waals surface area contributed by atoms with Crippen LogP contribution in [0.1, 0.15) is 52.0 Å². The molecule has 0 saturated heterocycles. The van der Waals surface area contributed by atoms with Gasteiger partial charge in [-0.3, -0.25) is 19.5 Å². The number of benzene rings is 2. The van der Waals surface area contributed by atoms with Crippen molar-refractivity contribution >= 4 is 17.8 Å². The van der Waals surface area contributed by atoms with E-state index in [0.717, 1.165) is 35.5 Å². The minimum atomic E-state index is -0.253. The van der Waals surface area contributed by atoms with Crippen molar-refractivity contribution in [2.75, 3.05) is 25.5 Å². The number of ether oxygens (including phenoxy) is 1. The molecule has 190 valence electrons. The van der Waals surface area contributed by atoms with Crippen molar-refractivity contribution in [2.24, 2.45) is 11.8 Å². The lowest BCUT2D eigenvalue weighted by atomic mass is 10.0. The van der Waals surface area contributed by atoms with Gasteiger partial charge >= 0.3 is 0 Å². The number of nitrogens with one attached hydrogen (secondary N) is 1. The van der Waals surface area contributed by atoms with E-state index in [1.165, 1.54) is 5.56 Å². The number of methoxy groups -OCH3 is 1. The maximum atomic E-state index is 13.1. The van der Waals surface area contributed by atoms with Crippen molar-refractivity contribution in [1.82, 2.24) is 14.5 Å². The van der Waals surface area contributed by atoms with Gasteiger partial charge in [0.1, 0.15) is 5.75 Å². The number of carbonyl (C=O) groups is 2. The number of aromatic nitrogens is 2. The predicted molar refractivity (Wildman–Crippen MR) is 142 cm³/mol. The van der Waals surface area contributed by atoms with Gasteiger partial charge in [0, 0.05) is 29.9 Å². The van der Waals surface area contributed by atoms with Gasteiger partial charge in [0.05, 0.1) is 19.3 Å². The number of anilines is 1. The Bertz CT molecular complexity index is 1190. The maximum Gasteiger partial charge on any atom is 0.246 e. The quantitative estimate of drug-likeness (QED) is 0.409. The molecule has 1 fully saturated rings. The Kier molecular flexibility index (Phi) is 7.77. The third kappa shape index (κ3) is 6.14. The molecule has 0 bridgehead atoms. The van der Waals surface area contributed by atoms with E-state index < -0.39 is 0 Å². The molecule has 7 heteroatoms. The standard InChI is InChI=1S/C29H36N4O3/c1-19(2)16-32(28(35)23-6-7-23)18-27(34)31-29-30-26(22-10-14-25(36-5)15-11-22)17-33(29)24-12-8-21(9-13-24)20(3)4/h8-15,17,19-20,23H,6-7,16,18H2,1-5H3,(H,30,31,34). The highest BCUT2D eigenvalue weighted by Crippen LogP contribution is 2.31. The fraction of sp³-hybridized carbons (Fsp3) is 0.414. The van der Waals surface area contributed by atoms with Crippen LogP contribution in [0.15, 0.2) is 54.7 Å². The Labute approximate surface area is 213 Å². The largest absolute Gasteiger partial charge is 0.497 e. The van der Waals surface area contributed by atoms with E-state index in [0.29, 0.717) is 18.4 Å². The summed E-state index contributed by atoms with van der Waals surface area (Å²) < 4.78 is 7.16. The molecule has 4 rings (SSSR count). The molecule has 0 spiro atoms. The average molecular weight is 489 g/mol. The van der Waals surface area contributed by atoms with Gasteiger partial charge in [-0.1, -0.05) is 39.8 Å². The zero-order valence-electron chi connectivity index (χ0n) is 21.8. The Balaban J connectivity index is 1.62. The average Bonchev–Trinajstić information content (AvgIpc) is 3.63. The van der Waals surface area contributed by atoms with Crippen molar-refractivity contribution in [3.8, 4) is 22.7 Å². The van der Waals surface area contributed by atoms with Gasteiger partial charge < -0.3 is 9.64 Å². The Morgan fingerprint density at radius 3 is 2.28 bits per heavy atom. The molecule has 1 aliphatic rings. The van der Waals surface area contributed by atoms with E-state index in [4.69, 9.17) is 9.72 Å². The second-order valence-corrected chi connectivity index (χ2v) is 10.2. The predicted octanol–water partition coefficient (Wildman–Crippen LogP) is 5.50. The topological polar surface area (TPSA) is 76.5 Å². The Morgan fingerprint density at radius 2 is 1.72 bits per heavy atom. The molecule has 1 heterocycles. The summed E-state index contributed by atoms with van der Waals surface area (Å²) in [6.07, 6.45) is 3.75. The van der Waals surface area contributed by atoms with Gasteiger partial charge in [0.2, 0.25) is 17.8 Å². The van der Waals surface area contributed by atoms with Crippen molar-refractivity contribution < 1.29 is 14.3 Å². The minimum Gasteiger partial charge on any atom is -0.497 e. The Morgan fingerprint density at radius 1 is 1.06 bits per heavy atom. The lowest BCUT2D eigenvalue weighted by Gasteiger charge is -2.24. The van der Waals surface area contributed by atoms with Crippen LogP contribution >= 0.6 is 0 Å². The lowest BCUT2D eigenvalue weighted by molar-refractivity contribution is -0.136. The van der Waals surface area contributed by atoms with Gasteiger partial charge in [0.15, 0.2) is 0 Å². The van der Waals surface area contributed by atoms with Crippen LogP contribution in [0.5, 0.6) is 5.75 Å². The van der Waals surface area contributed by atoms with E-state index in [2.05, 4.69) is 45.1 Å². The minimum absolute atomic E-state index is 0.0184.